The minimum absolute atomic E-state index is 0.462. The molecule has 0 saturated carbocycles. The number of aromatic nitrogens is 2. The number of hydrogen-bond acceptors (Lipinski definition) is 4. The highest BCUT2D eigenvalue weighted by molar-refractivity contribution is 5.81. The lowest BCUT2D eigenvalue weighted by atomic mass is 10.0. The maximum Gasteiger partial charge on any atom is 0.416 e. The van der Waals surface area contributed by atoms with Crippen molar-refractivity contribution < 1.29 is 27.4 Å². The highest BCUT2D eigenvalue weighted by Gasteiger charge is 2.30. The van der Waals surface area contributed by atoms with E-state index in [-0.39, 0.29) is 0 Å². The summed E-state index contributed by atoms with van der Waals surface area (Å²) in [7, 11) is 4.59. The van der Waals surface area contributed by atoms with Crippen LogP contribution in [0.25, 0.3) is 22.5 Å². The Balaban J connectivity index is 2.18. The first-order valence-corrected chi connectivity index (χ1v) is 9.87. The second-order valence-corrected chi connectivity index (χ2v) is 6.98. The average molecular weight is 434 g/mol. The normalized spacial score (nSPS) is 11.5. The molecule has 0 N–H and O–H groups in total. The molecule has 2 aromatic carbocycles. The summed E-state index contributed by atoms with van der Waals surface area (Å²) in [6.07, 6.45) is -0.761. The van der Waals surface area contributed by atoms with Crippen LogP contribution in [0.1, 0.15) is 25.3 Å². The Labute approximate surface area is 179 Å². The van der Waals surface area contributed by atoms with Crippen molar-refractivity contribution in [3.63, 3.8) is 0 Å². The molecule has 0 saturated heterocycles. The lowest BCUT2D eigenvalue weighted by molar-refractivity contribution is -0.137. The van der Waals surface area contributed by atoms with Gasteiger partial charge in [-0.25, -0.2) is 4.98 Å². The van der Waals surface area contributed by atoms with Gasteiger partial charge in [0.15, 0.2) is 11.5 Å². The monoisotopic (exact) mass is 434 g/mol. The van der Waals surface area contributed by atoms with Crippen molar-refractivity contribution in [1.82, 2.24) is 9.55 Å². The van der Waals surface area contributed by atoms with E-state index < -0.39 is 11.7 Å². The molecular formula is C23H25F3N2O3. The summed E-state index contributed by atoms with van der Waals surface area (Å²) in [6.45, 7) is 2.81. The van der Waals surface area contributed by atoms with Crippen molar-refractivity contribution in [2.75, 3.05) is 21.3 Å². The van der Waals surface area contributed by atoms with Crippen molar-refractivity contribution in [1.29, 1.82) is 0 Å². The van der Waals surface area contributed by atoms with Crippen LogP contribution in [0.2, 0.25) is 0 Å². The van der Waals surface area contributed by atoms with Gasteiger partial charge < -0.3 is 18.8 Å². The molecule has 0 aliphatic carbocycles. The first-order chi connectivity index (χ1) is 14.8. The molecule has 1 aromatic heterocycles. The summed E-state index contributed by atoms with van der Waals surface area (Å²) in [5.41, 5.74) is 2.01. The molecule has 166 valence electrons. The zero-order chi connectivity index (χ0) is 22.6. The second kappa shape index (κ2) is 9.32. The van der Waals surface area contributed by atoms with E-state index in [1.54, 1.807) is 6.33 Å². The lowest BCUT2D eigenvalue weighted by Gasteiger charge is -2.16. The Morgan fingerprint density at radius 3 is 2.00 bits per heavy atom. The summed E-state index contributed by atoms with van der Waals surface area (Å²) in [6, 6.07) is 8.65. The van der Waals surface area contributed by atoms with Crippen molar-refractivity contribution in [2.45, 2.75) is 32.5 Å². The van der Waals surface area contributed by atoms with Crippen LogP contribution >= 0.6 is 0 Å². The zero-order valence-electron chi connectivity index (χ0n) is 17.9. The number of hydrogen-bond donors (Lipinski definition) is 0. The number of rotatable bonds is 8. The second-order valence-electron chi connectivity index (χ2n) is 6.98. The van der Waals surface area contributed by atoms with E-state index in [0.29, 0.717) is 28.5 Å². The third-order valence-electron chi connectivity index (χ3n) is 5.01. The van der Waals surface area contributed by atoms with Crippen LogP contribution in [0.15, 0.2) is 42.7 Å². The summed E-state index contributed by atoms with van der Waals surface area (Å²) < 4.78 is 57.3. The predicted octanol–water partition coefficient (Wildman–Crippen LogP) is 6.06. The number of methoxy groups -OCH3 is 3. The summed E-state index contributed by atoms with van der Waals surface area (Å²) in [5, 5.41) is 0. The Kier molecular flexibility index (Phi) is 6.77. The minimum atomic E-state index is -4.39. The van der Waals surface area contributed by atoms with Crippen LogP contribution in [-0.4, -0.2) is 30.9 Å². The fourth-order valence-corrected chi connectivity index (χ4v) is 3.43. The Bertz CT molecular complexity index is 1000. The first kappa shape index (κ1) is 22.5. The molecule has 0 fully saturated rings. The van der Waals surface area contributed by atoms with Gasteiger partial charge in [0.05, 0.1) is 44.6 Å². The molecule has 0 unspecified atom stereocenters. The Morgan fingerprint density at radius 2 is 1.52 bits per heavy atom. The molecule has 0 bridgehead atoms. The Morgan fingerprint density at radius 1 is 0.903 bits per heavy atom. The number of halogens is 3. The smallest absolute Gasteiger partial charge is 0.416 e. The summed E-state index contributed by atoms with van der Waals surface area (Å²) in [5.74, 6) is 1.43. The number of ether oxygens (including phenoxy) is 3. The number of nitrogens with zero attached hydrogens (tertiary/aromatic N) is 2. The summed E-state index contributed by atoms with van der Waals surface area (Å²) >= 11 is 0. The number of benzene rings is 2. The molecule has 5 nitrogen and oxygen atoms in total. The maximum atomic E-state index is 13.0. The number of imidazole rings is 1. The summed E-state index contributed by atoms with van der Waals surface area (Å²) in [4.78, 5) is 4.53. The van der Waals surface area contributed by atoms with Crippen LogP contribution in [0, 0.1) is 0 Å². The molecule has 1 heterocycles. The zero-order valence-corrected chi connectivity index (χ0v) is 17.9. The third-order valence-corrected chi connectivity index (χ3v) is 5.01. The van der Waals surface area contributed by atoms with Gasteiger partial charge in [0.25, 0.3) is 0 Å². The molecule has 0 spiro atoms. The fraction of sp³-hybridized carbons (Fsp3) is 0.348. The molecule has 0 radical (unpaired) electrons. The lowest BCUT2D eigenvalue weighted by Crippen LogP contribution is -2.04. The van der Waals surface area contributed by atoms with Gasteiger partial charge in [0, 0.05) is 17.7 Å². The van der Waals surface area contributed by atoms with Crippen molar-refractivity contribution in [3.8, 4) is 39.8 Å². The molecule has 0 aliphatic rings. The number of alkyl halides is 3. The van der Waals surface area contributed by atoms with Gasteiger partial charge in [-0.3, -0.25) is 0 Å². The minimum Gasteiger partial charge on any atom is -0.493 e. The van der Waals surface area contributed by atoms with Gasteiger partial charge in [-0.1, -0.05) is 25.5 Å². The van der Waals surface area contributed by atoms with Gasteiger partial charge in [-0.2, -0.15) is 13.2 Å². The molecule has 3 aromatic rings. The quantitative estimate of drug-likeness (QED) is 0.432. The topological polar surface area (TPSA) is 45.5 Å². The van der Waals surface area contributed by atoms with Crippen LogP contribution in [-0.2, 0) is 12.7 Å². The molecule has 0 aliphatic heterocycles. The van der Waals surface area contributed by atoms with E-state index in [4.69, 9.17) is 14.2 Å². The van der Waals surface area contributed by atoms with Crippen molar-refractivity contribution in [2.24, 2.45) is 0 Å². The van der Waals surface area contributed by atoms with Crippen LogP contribution in [0.3, 0.4) is 0 Å². The molecule has 8 heteroatoms. The van der Waals surface area contributed by atoms with Gasteiger partial charge >= 0.3 is 6.18 Å². The predicted molar refractivity (Wildman–Crippen MR) is 113 cm³/mol. The number of aryl methyl sites for hydroxylation is 1. The molecule has 0 atom stereocenters. The van der Waals surface area contributed by atoms with Crippen LogP contribution in [0.5, 0.6) is 17.2 Å². The van der Waals surface area contributed by atoms with Crippen LogP contribution < -0.4 is 14.2 Å². The van der Waals surface area contributed by atoms with Gasteiger partial charge in [-0.05, 0) is 30.7 Å². The van der Waals surface area contributed by atoms with Crippen molar-refractivity contribution in [3.05, 3.63) is 48.3 Å². The van der Waals surface area contributed by atoms with Gasteiger partial charge in [0.2, 0.25) is 5.75 Å². The van der Waals surface area contributed by atoms with E-state index in [1.807, 2.05) is 16.7 Å². The maximum absolute atomic E-state index is 13.0. The van der Waals surface area contributed by atoms with E-state index in [0.717, 1.165) is 42.8 Å². The standard InChI is InChI=1S/C23H25F3N2O3/c1-5-6-11-28-14-27-20(15-7-9-17(10-8-15)23(24,25)26)21(28)16-12-18(29-2)22(31-4)19(13-16)30-3/h7-10,12-14H,5-6,11H2,1-4H3. The molecule has 3 rings (SSSR count). The first-order valence-electron chi connectivity index (χ1n) is 9.87. The highest BCUT2D eigenvalue weighted by atomic mass is 19.4. The molecule has 0 amide bonds. The van der Waals surface area contributed by atoms with E-state index in [2.05, 4.69) is 11.9 Å². The largest absolute Gasteiger partial charge is 0.493 e. The van der Waals surface area contributed by atoms with E-state index in [1.165, 1.54) is 33.5 Å². The fourth-order valence-electron chi connectivity index (χ4n) is 3.43. The van der Waals surface area contributed by atoms with Crippen molar-refractivity contribution >= 4 is 0 Å². The van der Waals surface area contributed by atoms with E-state index in [9.17, 15) is 13.2 Å². The third kappa shape index (κ3) is 4.62. The number of unbranched alkanes of at least 4 members (excludes halogenated alkanes) is 1. The van der Waals surface area contributed by atoms with E-state index >= 15 is 0 Å². The van der Waals surface area contributed by atoms with Crippen LogP contribution in [0.4, 0.5) is 13.2 Å². The Hall–Kier alpha value is -3.16. The molecular weight excluding hydrogens is 409 g/mol. The average Bonchev–Trinajstić information content (AvgIpc) is 3.19. The van der Waals surface area contributed by atoms with Gasteiger partial charge in [-0.15, -0.1) is 0 Å². The van der Waals surface area contributed by atoms with Gasteiger partial charge in [0.1, 0.15) is 0 Å². The SMILES string of the molecule is CCCCn1cnc(-c2ccc(C(F)(F)F)cc2)c1-c1cc(OC)c(OC)c(OC)c1. The molecule has 31 heavy (non-hydrogen) atoms. The highest BCUT2D eigenvalue weighted by Crippen LogP contribution is 2.43.